The van der Waals surface area contributed by atoms with Crippen LogP contribution in [0.3, 0.4) is 0 Å². The van der Waals surface area contributed by atoms with E-state index >= 15 is 0 Å². The summed E-state index contributed by atoms with van der Waals surface area (Å²) in [5, 5.41) is 4.24. The molecule has 0 aliphatic carbocycles. The molecule has 21 heavy (non-hydrogen) atoms. The highest BCUT2D eigenvalue weighted by molar-refractivity contribution is 6.33. The molecule has 118 valence electrons. The van der Waals surface area contributed by atoms with Crippen molar-refractivity contribution in [1.82, 2.24) is 10.3 Å². The van der Waals surface area contributed by atoms with Crippen molar-refractivity contribution in [3.8, 4) is 0 Å². The smallest absolute Gasteiger partial charge is 0.147 e. The summed E-state index contributed by atoms with van der Waals surface area (Å²) >= 11 is 6.49. The van der Waals surface area contributed by atoms with Gasteiger partial charge in [0, 0.05) is 30.9 Å². The molecule has 1 aliphatic rings. The molecule has 1 aromatic rings. The maximum atomic E-state index is 6.49. The second-order valence-corrected chi connectivity index (χ2v) is 7.71. The molecular weight excluding hydrogens is 282 g/mol. The summed E-state index contributed by atoms with van der Waals surface area (Å²) in [7, 11) is 0. The van der Waals surface area contributed by atoms with Gasteiger partial charge in [0.25, 0.3) is 0 Å². The molecule has 2 atom stereocenters. The van der Waals surface area contributed by atoms with Crippen LogP contribution in [0.1, 0.15) is 53.0 Å². The second kappa shape index (κ2) is 6.53. The number of piperidine rings is 1. The van der Waals surface area contributed by atoms with Crippen molar-refractivity contribution in [1.29, 1.82) is 0 Å². The molecule has 1 aliphatic heterocycles. The first-order chi connectivity index (χ1) is 9.78. The van der Waals surface area contributed by atoms with Gasteiger partial charge in [0.05, 0.1) is 5.02 Å². The van der Waals surface area contributed by atoms with Crippen LogP contribution >= 0.6 is 11.6 Å². The number of hydrogen-bond acceptors (Lipinski definition) is 3. The standard InChI is InChI=1S/C17H28ClN3/c1-12-7-6-8-21(13(12)2)16-15(18)9-14(10-19-16)11-20-17(3,4)5/h9-10,12-13,20H,6-8,11H2,1-5H3. The lowest BCUT2D eigenvalue weighted by Gasteiger charge is -2.39. The molecular formula is C17H28ClN3. The van der Waals surface area contributed by atoms with E-state index in [0.717, 1.165) is 29.5 Å². The lowest BCUT2D eigenvalue weighted by atomic mass is 9.92. The van der Waals surface area contributed by atoms with Gasteiger partial charge < -0.3 is 10.2 Å². The number of nitrogens with one attached hydrogen (secondary N) is 1. The number of anilines is 1. The Morgan fingerprint density at radius 3 is 2.71 bits per heavy atom. The van der Waals surface area contributed by atoms with Crippen LogP contribution < -0.4 is 10.2 Å². The predicted molar refractivity (Wildman–Crippen MR) is 91.0 cm³/mol. The number of hydrogen-bond donors (Lipinski definition) is 1. The maximum Gasteiger partial charge on any atom is 0.147 e. The van der Waals surface area contributed by atoms with Crippen LogP contribution in [0.15, 0.2) is 12.3 Å². The molecule has 4 heteroatoms. The minimum Gasteiger partial charge on any atom is -0.352 e. The molecule has 2 unspecified atom stereocenters. The predicted octanol–water partition coefficient (Wildman–Crippen LogP) is 4.25. The molecule has 0 spiro atoms. The SMILES string of the molecule is CC1CCCN(c2ncc(CNC(C)(C)C)cc2Cl)C1C. The highest BCUT2D eigenvalue weighted by Crippen LogP contribution is 2.32. The Kier molecular flexibility index (Phi) is 5.15. The van der Waals surface area contributed by atoms with E-state index in [9.17, 15) is 0 Å². The minimum absolute atomic E-state index is 0.0992. The molecule has 0 saturated carbocycles. The Morgan fingerprint density at radius 1 is 1.38 bits per heavy atom. The van der Waals surface area contributed by atoms with E-state index in [1.165, 1.54) is 12.8 Å². The van der Waals surface area contributed by atoms with Crippen molar-refractivity contribution in [3.63, 3.8) is 0 Å². The van der Waals surface area contributed by atoms with Gasteiger partial charge in [0.2, 0.25) is 0 Å². The van der Waals surface area contributed by atoms with Gasteiger partial charge in [0.1, 0.15) is 5.82 Å². The van der Waals surface area contributed by atoms with Crippen LogP contribution in [0.2, 0.25) is 5.02 Å². The molecule has 1 saturated heterocycles. The fourth-order valence-electron chi connectivity index (χ4n) is 2.78. The Hall–Kier alpha value is -0.800. The molecule has 0 amide bonds. The first-order valence-electron chi connectivity index (χ1n) is 7.94. The highest BCUT2D eigenvalue weighted by atomic mass is 35.5. The van der Waals surface area contributed by atoms with Gasteiger partial charge in [-0.05, 0) is 58.1 Å². The average molecular weight is 310 g/mol. The van der Waals surface area contributed by atoms with Crippen LogP contribution in [-0.2, 0) is 6.54 Å². The topological polar surface area (TPSA) is 28.2 Å². The van der Waals surface area contributed by atoms with Crippen molar-refractivity contribution in [2.24, 2.45) is 5.92 Å². The van der Waals surface area contributed by atoms with Gasteiger partial charge in [-0.3, -0.25) is 0 Å². The zero-order chi connectivity index (χ0) is 15.6. The van der Waals surface area contributed by atoms with Gasteiger partial charge in [-0.25, -0.2) is 4.98 Å². The Morgan fingerprint density at radius 2 is 2.10 bits per heavy atom. The van der Waals surface area contributed by atoms with E-state index < -0.39 is 0 Å². The van der Waals surface area contributed by atoms with Crippen LogP contribution in [0.4, 0.5) is 5.82 Å². The lowest BCUT2D eigenvalue weighted by Crippen LogP contribution is -2.43. The lowest BCUT2D eigenvalue weighted by molar-refractivity contribution is 0.361. The van der Waals surface area contributed by atoms with Crippen molar-refractivity contribution in [2.75, 3.05) is 11.4 Å². The normalized spacial score (nSPS) is 23.4. The molecule has 2 rings (SSSR count). The maximum absolute atomic E-state index is 6.49. The van der Waals surface area contributed by atoms with Gasteiger partial charge in [-0.15, -0.1) is 0 Å². The first kappa shape index (κ1) is 16.6. The molecule has 0 bridgehead atoms. The number of aromatic nitrogens is 1. The second-order valence-electron chi connectivity index (χ2n) is 7.31. The molecule has 1 N–H and O–H groups in total. The molecule has 1 fully saturated rings. The number of halogens is 1. The summed E-state index contributed by atoms with van der Waals surface area (Å²) in [6, 6.07) is 2.55. The Bertz CT molecular complexity index is 481. The molecule has 0 aromatic carbocycles. The molecule has 2 heterocycles. The summed E-state index contributed by atoms with van der Waals surface area (Å²) in [5.74, 6) is 1.63. The fraction of sp³-hybridized carbons (Fsp3) is 0.706. The summed E-state index contributed by atoms with van der Waals surface area (Å²) in [6.45, 7) is 12.9. The van der Waals surface area contributed by atoms with E-state index in [4.69, 9.17) is 11.6 Å². The van der Waals surface area contributed by atoms with E-state index in [0.29, 0.717) is 12.0 Å². The van der Waals surface area contributed by atoms with E-state index in [-0.39, 0.29) is 5.54 Å². The third-order valence-electron chi connectivity index (χ3n) is 4.35. The Balaban J connectivity index is 2.12. The zero-order valence-electron chi connectivity index (χ0n) is 13.9. The number of rotatable bonds is 3. The highest BCUT2D eigenvalue weighted by Gasteiger charge is 2.27. The summed E-state index contributed by atoms with van der Waals surface area (Å²) < 4.78 is 0. The van der Waals surface area contributed by atoms with Crippen LogP contribution in [0.25, 0.3) is 0 Å². The molecule has 0 radical (unpaired) electrons. The molecule has 1 aromatic heterocycles. The van der Waals surface area contributed by atoms with E-state index in [1.54, 1.807) is 0 Å². The first-order valence-corrected chi connectivity index (χ1v) is 8.32. The Labute approximate surface area is 134 Å². The van der Waals surface area contributed by atoms with Gasteiger partial charge in [-0.2, -0.15) is 0 Å². The van der Waals surface area contributed by atoms with Crippen LogP contribution in [0, 0.1) is 5.92 Å². The summed E-state index contributed by atoms with van der Waals surface area (Å²) in [5.41, 5.74) is 1.23. The van der Waals surface area contributed by atoms with Gasteiger partial charge in [-0.1, -0.05) is 18.5 Å². The number of pyridine rings is 1. The van der Waals surface area contributed by atoms with Crippen LogP contribution in [-0.4, -0.2) is 23.1 Å². The van der Waals surface area contributed by atoms with E-state index in [2.05, 4.69) is 55.9 Å². The monoisotopic (exact) mass is 309 g/mol. The minimum atomic E-state index is 0.0992. The van der Waals surface area contributed by atoms with Gasteiger partial charge in [0.15, 0.2) is 0 Å². The summed E-state index contributed by atoms with van der Waals surface area (Å²) in [4.78, 5) is 7.00. The molecule has 3 nitrogen and oxygen atoms in total. The van der Waals surface area contributed by atoms with Crippen molar-refractivity contribution >= 4 is 17.4 Å². The quantitative estimate of drug-likeness (QED) is 0.905. The van der Waals surface area contributed by atoms with Crippen molar-refractivity contribution in [3.05, 3.63) is 22.8 Å². The third-order valence-corrected chi connectivity index (χ3v) is 4.63. The van der Waals surface area contributed by atoms with Crippen molar-refractivity contribution < 1.29 is 0 Å². The summed E-state index contributed by atoms with van der Waals surface area (Å²) in [6.07, 6.45) is 4.46. The average Bonchev–Trinajstić information content (AvgIpc) is 2.39. The van der Waals surface area contributed by atoms with E-state index in [1.807, 2.05) is 6.20 Å². The van der Waals surface area contributed by atoms with Crippen LogP contribution in [0.5, 0.6) is 0 Å². The van der Waals surface area contributed by atoms with Crippen molar-refractivity contribution in [2.45, 2.75) is 65.6 Å². The third kappa shape index (κ3) is 4.33. The number of nitrogens with zero attached hydrogens (tertiary/aromatic N) is 2. The zero-order valence-corrected chi connectivity index (χ0v) is 14.7. The van der Waals surface area contributed by atoms with Gasteiger partial charge >= 0.3 is 0 Å². The fourth-order valence-corrected chi connectivity index (χ4v) is 3.08. The largest absolute Gasteiger partial charge is 0.352 e.